The highest BCUT2D eigenvalue weighted by atomic mass is 16.7. The van der Waals surface area contributed by atoms with Crippen molar-refractivity contribution >= 4 is 10.8 Å². The fourth-order valence-electron chi connectivity index (χ4n) is 9.00. The van der Waals surface area contributed by atoms with Crippen LogP contribution in [0.1, 0.15) is 69.8 Å². The molecule has 4 heterocycles. The first kappa shape index (κ1) is 20.2. The Morgan fingerprint density at radius 1 is 1.00 bits per heavy atom. The number of benzene rings is 1. The van der Waals surface area contributed by atoms with Crippen LogP contribution < -0.4 is 0 Å². The number of allylic oxidation sites excluding steroid dienone is 1. The second-order valence-corrected chi connectivity index (χ2v) is 12.0. The Labute approximate surface area is 201 Å². The van der Waals surface area contributed by atoms with E-state index in [4.69, 9.17) is 14.2 Å². The number of aromatic nitrogens is 1. The van der Waals surface area contributed by atoms with Crippen LogP contribution in [0.15, 0.2) is 60.0 Å². The van der Waals surface area contributed by atoms with Crippen molar-refractivity contribution in [3.8, 4) is 0 Å². The van der Waals surface area contributed by atoms with Crippen LogP contribution in [-0.4, -0.2) is 35.2 Å². The standard InChI is InChI=1S/C30H33NO3/c1-27-9-6-24-17-23-7-10-29(32-14-15-33-29)19-28(23)11-12-30(24,34-28)26(27)5-4-25(27)21-3-2-20-8-13-31-18-22(20)16-21/h2-3,6,8,13,16-18,25-26H,4-5,7,9-12,14-15,19H2,1H3/t25?,26?,27-,28+,30+/m0/s1. The third kappa shape index (κ3) is 2.47. The van der Waals surface area contributed by atoms with Crippen LogP contribution in [0.3, 0.4) is 0 Å². The number of hydrogen-bond acceptors (Lipinski definition) is 4. The summed E-state index contributed by atoms with van der Waals surface area (Å²) in [6, 6.07) is 9.16. The van der Waals surface area contributed by atoms with E-state index in [9.17, 15) is 0 Å². The second-order valence-electron chi connectivity index (χ2n) is 12.0. The molecule has 4 heteroatoms. The number of pyridine rings is 1. The fourth-order valence-corrected chi connectivity index (χ4v) is 9.00. The maximum atomic E-state index is 7.39. The summed E-state index contributed by atoms with van der Waals surface area (Å²) in [5, 5.41) is 2.53. The molecule has 2 saturated heterocycles. The summed E-state index contributed by atoms with van der Waals surface area (Å²) in [5.41, 5.74) is 4.33. The van der Waals surface area contributed by atoms with Gasteiger partial charge in [0, 0.05) is 30.6 Å². The molecule has 3 spiro atoms. The Bertz CT molecular complexity index is 1260. The monoisotopic (exact) mass is 455 g/mol. The molecule has 6 aliphatic rings. The second kappa shape index (κ2) is 6.60. The summed E-state index contributed by atoms with van der Waals surface area (Å²) < 4.78 is 19.7. The van der Waals surface area contributed by atoms with Gasteiger partial charge in [0.25, 0.3) is 0 Å². The molecule has 4 nitrogen and oxygen atoms in total. The largest absolute Gasteiger partial charge is 0.359 e. The van der Waals surface area contributed by atoms with Crippen molar-refractivity contribution in [2.24, 2.45) is 11.3 Å². The quantitative estimate of drug-likeness (QED) is 0.512. The molecule has 5 atom stereocenters. The van der Waals surface area contributed by atoms with Crippen LogP contribution in [-0.2, 0) is 14.2 Å². The lowest BCUT2D eigenvalue weighted by Crippen LogP contribution is -2.56. The van der Waals surface area contributed by atoms with Gasteiger partial charge in [-0.15, -0.1) is 0 Å². The van der Waals surface area contributed by atoms with E-state index in [0.29, 0.717) is 11.8 Å². The van der Waals surface area contributed by atoms with Gasteiger partial charge in [0.2, 0.25) is 0 Å². The third-order valence-corrected chi connectivity index (χ3v) is 10.6. The number of rotatable bonds is 1. The molecule has 1 aromatic heterocycles. The van der Waals surface area contributed by atoms with Crippen molar-refractivity contribution in [1.82, 2.24) is 4.98 Å². The van der Waals surface area contributed by atoms with Crippen LogP contribution in [0.5, 0.6) is 0 Å². The number of nitrogens with zero attached hydrogens (tertiary/aromatic N) is 1. The lowest BCUT2D eigenvalue weighted by atomic mass is 9.58. The van der Waals surface area contributed by atoms with Crippen molar-refractivity contribution in [2.45, 2.75) is 81.2 Å². The molecule has 4 fully saturated rings. The summed E-state index contributed by atoms with van der Waals surface area (Å²) in [4.78, 5) is 4.37. The van der Waals surface area contributed by atoms with E-state index in [1.807, 2.05) is 12.4 Å². The van der Waals surface area contributed by atoms with E-state index in [2.05, 4.69) is 48.3 Å². The molecular formula is C30H33NO3. The molecule has 0 amide bonds. The van der Waals surface area contributed by atoms with E-state index in [1.54, 1.807) is 0 Å². The summed E-state index contributed by atoms with van der Waals surface area (Å²) in [7, 11) is 0. The normalized spacial score (nSPS) is 41.7. The summed E-state index contributed by atoms with van der Waals surface area (Å²) in [6.07, 6.45) is 17.7. The topological polar surface area (TPSA) is 40.6 Å². The Morgan fingerprint density at radius 2 is 1.91 bits per heavy atom. The molecule has 176 valence electrons. The molecule has 2 saturated carbocycles. The molecule has 34 heavy (non-hydrogen) atoms. The van der Waals surface area contributed by atoms with Crippen molar-refractivity contribution in [2.75, 3.05) is 13.2 Å². The van der Waals surface area contributed by atoms with Gasteiger partial charge in [-0.05, 0) is 90.0 Å². The predicted molar refractivity (Wildman–Crippen MR) is 130 cm³/mol. The van der Waals surface area contributed by atoms with Gasteiger partial charge in [-0.2, -0.15) is 0 Å². The number of fused-ring (bicyclic) bond motifs is 2. The Hall–Kier alpha value is -2.01. The van der Waals surface area contributed by atoms with E-state index in [0.717, 1.165) is 51.7 Å². The van der Waals surface area contributed by atoms with Crippen LogP contribution >= 0.6 is 0 Å². The first-order valence-electron chi connectivity index (χ1n) is 13.3. The van der Waals surface area contributed by atoms with E-state index < -0.39 is 5.79 Å². The first-order chi connectivity index (χ1) is 16.5. The smallest absolute Gasteiger partial charge is 0.171 e. The zero-order valence-corrected chi connectivity index (χ0v) is 20.0. The Balaban J connectivity index is 1.18. The molecule has 2 aromatic rings. The van der Waals surface area contributed by atoms with Gasteiger partial charge in [-0.3, -0.25) is 4.98 Å². The van der Waals surface area contributed by atoms with Crippen molar-refractivity contribution < 1.29 is 14.2 Å². The molecule has 0 radical (unpaired) electrons. The van der Waals surface area contributed by atoms with Gasteiger partial charge >= 0.3 is 0 Å². The Morgan fingerprint density at radius 3 is 2.82 bits per heavy atom. The van der Waals surface area contributed by atoms with Crippen molar-refractivity contribution in [1.29, 1.82) is 0 Å². The van der Waals surface area contributed by atoms with Crippen LogP contribution in [0, 0.1) is 11.3 Å². The van der Waals surface area contributed by atoms with Gasteiger partial charge in [0.05, 0.1) is 24.4 Å². The average molecular weight is 456 g/mol. The molecule has 1 aromatic carbocycles. The van der Waals surface area contributed by atoms with E-state index >= 15 is 0 Å². The predicted octanol–water partition coefficient (Wildman–Crippen LogP) is 6.22. The Kier molecular flexibility index (Phi) is 3.92. The lowest BCUT2D eigenvalue weighted by molar-refractivity contribution is -0.226. The molecule has 2 unspecified atom stereocenters. The molecule has 8 rings (SSSR count). The van der Waals surface area contributed by atoms with Gasteiger partial charge in [-0.25, -0.2) is 0 Å². The maximum absolute atomic E-state index is 7.39. The molecular weight excluding hydrogens is 422 g/mol. The summed E-state index contributed by atoms with van der Waals surface area (Å²) in [6.45, 7) is 3.98. The van der Waals surface area contributed by atoms with E-state index in [1.165, 1.54) is 40.3 Å². The lowest BCUT2D eigenvalue weighted by Gasteiger charge is -2.55. The van der Waals surface area contributed by atoms with Crippen LogP contribution in [0.2, 0.25) is 0 Å². The van der Waals surface area contributed by atoms with E-state index in [-0.39, 0.29) is 16.6 Å². The minimum Gasteiger partial charge on any atom is -0.359 e. The fraction of sp³-hybridized carbons (Fsp3) is 0.567. The SMILES string of the molecule is C[C@@]12CC=C3C=C4CCC5(C[C@]46CC[C@]3(O6)C1CCC2c1ccc2ccncc2c1)OCCO5. The van der Waals surface area contributed by atoms with Crippen molar-refractivity contribution in [3.05, 3.63) is 65.5 Å². The van der Waals surface area contributed by atoms with Gasteiger partial charge in [0.15, 0.2) is 5.79 Å². The third-order valence-electron chi connectivity index (χ3n) is 10.6. The van der Waals surface area contributed by atoms with Gasteiger partial charge in [0.1, 0.15) is 0 Å². The number of ether oxygens (including phenoxy) is 3. The highest BCUT2D eigenvalue weighted by molar-refractivity contribution is 5.82. The molecule has 3 aliphatic carbocycles. The first-order valence-corrected chi connectivity index (χ1v) is 13.3. The minimum atomic E-state index is -0.417. The van der Waals surface area contributed by atoms with Crippen LogP contribution in [0.4, 0.5) is 0 Å². The van der Waals surface area contributed by atoms with Gasteiger partial charge < -0.3 is 14.2 Å². The highest BCUT2D eigenvalue weighted by Crippen LogP contribution is 2.69. The zero-order chi connectivity index (χ0) is 22.6. The average Bonchev–Trinajstić information content (AvgIpc) is 3.53. The molecule has 3 aliphatic heterocycles. The van der Waals surface area contributed by atoms with Crippen molar-refractivity contribution in [3.63, 3.8) is 0 Å². The number of hydrogen-bond donors (Lipinski definition) is 0. The maximum Gasteiger partial charge on any atom is 0.171 e. The minimum absolute atomic E-state index is 0.138. The zero-order valence-electron chi connectivity index (χ0n) is 20.0. The van der Waals surface area contributed by atoms with Crippen LogP contribution in [0.25, 0.3) is 10.8 Å². The molecule has 0 N–H and O–H groups in total. The molecule has 2 bridgehead atoms. The highest BCUT2D eigenvalue weighted by Gasteiger charge is 2.68. The van der Waals surface area contributed by atoms with Gasteiger partial charge in [-0.1, -0.05) is 31.2 Å². The summed E-state index contributed by atoms with van der Waals surface area (Å²) >= 11 is 0. The summed E-state index contributed by atoms with van der Waals surface area (Å²) in [5.74, 6) is 0.688.